The van der Waals surface area contributed by atoms with Crippen molar-refractivity contribution in [1.29, 1.82) is 0 Å². The number of phenolic OH excluding ortho intramolecular Hbond substituents is 1. The molecule has 0 unspecified atom stereocenters. The lowest BCUT2D eigenvalue weighted by molar-refractivity contribution is 0.431. The minimum atomic E-state index is -0.542. The van der Waals surface area contributed by atoms with E-state index in [0.29, 0.717) is 0 Å². The van der Waals surface area contributed by atoms with Gasteiger partial charge in [-0.15, -0.1) is 0 Å². The third-order valence-electron chi connectivity index (χ3n) is 1.79. The van der Waals surface area contributed by atoms with E-state index in [4.69, 9.17) is 5.11 Å². The molecule has 0 bridgehead atoms. The maximum Gasteiger partial charge on any atom is 0.165 e. The van der Waals surface area contributed by atoms with E-state index in [-0.39, 0.29) is 5.75 Å². The molecular weight excluding hydrogens is 143 g/mol. The molecular formula is C9H11FO. The summed E-state index contributed by atoms with van der Waals surface area (Å²) in [7, 11) is 0. The first-order chi connectivity index (χ1) is 5.15. The topological polar surface area (TPSA) is 20.2 Å². The van der Waals surface area contributed by atoms with Crippen molar-refractivity contribution in [3.63, 3.8) is 0 Å². The molecule has 0 atom stereocenters. The van der Waals surface area contributed by atoms with E-state index in [2.05, 4.69) is 0 Å². The number of benzene rings is 1. The van der Waals surface area contributed by atoms with Crippen LogP contribution in [0.25, 0.3) is 0 Å². The maximum atomic E-state index is 12.6. The second-order valence-corrected chi connectivity index (χ2v) is 2.58. The number of halogens is 1. The highest BCUT2D eigenvalue weighted by Gasteiger charge is 2.03. The van der Waals surface area contributed by atoms with Crippen molar-refractivity contribution in [2.24, 2.45) is 0 Å². The fourth-order valence-corrected chi connectivity index (χ4v) is 1.09. The molecule has 0 aliphatic heterocycles. The van der Waals surface area contributed by atoms with Gasteiger partial charge >= 0.3 is 0 Å². The van der Waals surface area contributed by atoms with Crippen LogP contribution in [0.15, 0.2) is 12.1 Å². The molecule has 0 saturated carbocycles. The molecule has 1 N–H and O–H groups in total. The van der Waals surface area contributed by atoms with Gasteiger partial charge in [-0.25, -0.2) is 4.39 Å². The molecule has 0 heterocycles. The highest BCUT2D eigenvalue weighted by atomic mass is 19.1. The van der Waals surface area contributed by atoms with Crippen molar-refractivity contribution in [2.75, 3.05) is 0 Å². The first kappa shape index (κ1) is 8.05. The maximum absolute atomic E-state index is 12.6. The van der Waals surface area contributed by atoms with Gasteiger partial charge in [0, 0.05) is 0 Å². The summed E-state index contributed by atoms with van der Waals surface area (Å²) in [6.07, 6.45) is 0.819. The summed E-state index contributed by atoms with van der Waals surface area (Å²) >= 11 is 0. The quantitative estimate of drug-likeness (QED) is 0.658. The largest absolute Gasteiger partial charge is 0.505 e. The van der Waals surface area contributed by atoms with Crippen LogP contribution < -0.4 is 0 Å². The van der Waals surface area contributed by atoms with Crippen LogP contribution in [0.1, 0.15) is 18.1 Å². The highest BCUT2D eigenvalue weighted by molar-refractivity contribution is 5.35. The van der Waals surface area contributed by atoms with Crippen LogP contribution in [0.4, 0.5) is 4.39 Å². The summed E-state index contributed by atoms with van der Waals surface area (Å²) in [4.78, 5) is 0. The lowest BCUT2D eigenvalue weighted by atomic mass is 10.1. The van der Waals surface area contributed by atoms with Gasteiger partial charge in [-0.05, 0) is 36.6 Å². The normalized spacial score (nSPS) is 10.1. The van der Waals surface area contributed by atoms with E-state index >= 15 is 0 Å². The SMILES string of the molecule is CCc1cc(O)c(F)cc1C. The van der Waals surface area contributed by atoms with E-state index in [0.717, 1.165) is 17.5 Å². The van der Waals surface area contributed by atoms with E-state index in [1.165, 1.54) is 12.1 Å². The average Bonchev–Trinajstić information content (AvgIpc) is 1.97. The van der Waals surface area contributed by atoms with Gasteiger partial charge in [0.1, 0.15) is 0 Å². The first-order valence-electron chi connectivity index (χ1n) is 3.63. The van der Waals surface area contributed by atoms with E-state index in [9.17, 15) is 4.39 Å². The number of hydrogen-bond donors (Lipinski definition) is 1. The number of hydrogen-bond acceptors (Lipinski definition) is 1. The number of rotatable bonds is 1. The van der Waals surface area contributed by atoms with Crippen LogP contribution in [0.5, 0.6) is 5.75 Å². The molecule has 1 aromatic rings. The monoisotopic (exact) mass is 154 g/mol. The lowest BCUT2D eigenvalue weighted by Crippen LogP contribution is -1.88. The molecule has 11 heavy (non-hydrogen) atoms. The van der Waals surface area contributed by atoms with Crippen LogP contribution in [-0.2, 0) is 6.42 Å². The smallest absolute Gasteiger partial charge is 0.165 e. The molecule has 1 nitrogen and oxygen atoms in total. The van der Waals surface area contributed by atoms with Crippen LogP contribution >= 0.6 is 0 Å². The van der Waals surface area contributed by atoms with Gasteiger partial charge in [-0.1, -0.05) is 6.92 Å². The predicted molar refractivity (Wildman–Crippen MR) is 42.2 cm³/mol. The summed E-state index contributed by atoms with van der Waals surface area (Å²) in [5, 5.41) is 8.98. The molecule has 1 rings (SSSR count). The zero-order valence-corrected chi connectivity index (χ0v) is 6.69. The number of phenols is 1. The van der Waals surface area contributed by atoms with Crippen LogP contribution in [0.3, 0.4) is 0 Å². The van der Waals surface area contributed by atoms with E-state index < -0.39 is 5.82 Å². The van der Waals surface area contributed by atoms with Crippen molar-refractivity contribution in [3.8, 4) is 5.75 Å². The molecule has 0 spiro atoms. The Kier molecular flexibility index (Phi) is 2.13. The van der Waals surface area contributed by atoms with Crippen molar-refractivity contribution in [1.82, 2.24) is 0 Å². The van der Waals surface area contributed by atoms with Crippen LogP contribution in [-0.4, -0.2) is 5.11 Å². The zero-order valence-electron chi connectivity index (χ0n) is 6.69. The van der Waals surface area contributed by atoms with Crippen molar-refractivity contribution >= 4 is 0 Å². The Morgan fingerprint density at radius 3 is 2.64 bits per heavy atom. The number of aryl methyl sites for hydroxylation is 2. The molecule has 60 valence electrons. The molecule has 1 aromatic carbocycles. The molecule has 0 radical (unpaired) electrons. The zero-order chi connectivity index (χ0) is 8.43. The van der Waals surface area contributed by atoms with Crippen LogP contribution in [0.2, 0.25) is 0 Å². The molecule has 2 heteroatoms. The van der Waals surface area contributed by atoms with Gasteiger partial charge in [-0.2, -0.15) is 0 Å². The second kappa shape index (κ2) is 2.91. The standard InChI is InChI=1S/C9H11FO/c1-3-7-5-9(11)8(10)4-6(7)2/h4-5,11H,3H2,1-2H3. The minimum Gasteiger partial charge on any atom is -0.505 e. The van der Waals surface area contributed by atoms with Gasteiger partial charge in [0.25, 0.3) is 0 Å². The average molecular weight is 154 g/mol. The third kappa shape index (κ3) is 1.50. The Hall–Kier alpha value is -1.05. The molecule has 0 fully saturated rings. The molecule has 0 saturated heterocycles. The highest BCUT2D eigenvalue weighted by Crippen LogP contribution is 2.20. The van der Waals surface area contributed by atoms with Crippen molar-refractivity contribution < 1.29 is 9.50 Å². The fourth-order valence-electron chi connectivity index (χ4n) is 1.09. The Bertz CT molecular complexity index is 269. The summed E-state index contributed by atoms with van der Waals surface area (Å²) in [6.45, 7) is 3.81. The first-order valence-corrected chi connectivity index (χ1v) is 3.63. The third-order valence-corrected chi connectivity index (χ3v) is 1.79. The Morgan fingerprint density at radius 2 is 2.09 bits per heavy atom. The summed E-state index contributed by atoms with van der Waals surface area (Å²) in [5.74, 6) is -0.799. The predicted octanol–water partition coefficient (Wildman–Crippen LogP) is 2.40. The Labute approximate surface area is 65.5 Å². The summed E-state index contributed by atoms with van der Waals surface area (Å²) < 4.78 is 12.6. The van der Waals surface area contributed by atoms with Crippen molar-refractivity contribution in [2.45, 2.75) is 20.3 Å². The van der Waals surface area contributed by atoms with Crippen LogP contribution in [0, 0.1) is 12.7 Å². The Morgan fingerprint density at radius 1 is 1.45 bits per heavy atom. The molecule has 0 aliphatic carbocycles. The fraction of sp³-hybridized carbons (Fsp3) is 0.333. The van der Waals surface area contributed by atoms with Crippen molar-refractivity contribution in [3.05, 3.63) is 29.1 Å². The summed E-state index contributed by atoms with van der Waals surface area (Å²) in [6, 6.07) is 2.83. The van der Waals surface area contributed by atoms with E-state index in [1.54, 1.807) is 0 Å². The summed E-state index contributed by atoms with van der Waals surface area (Å²) in [5.41, 5.74) is 1.88. The number of aromatic hydroxyl groups is 1. The minimum absolute atomic E-state index is 0.257. The van der Waals surface area contributed by atoms with Gasteiger partial charge in [0.2, 0.25) is 0 Å². The molecule has 0 amide bonds. The van der Waals surface area contributed by atoms with Gasteiger partial charge in [-0.3, -0.25) is 0 Å². The van der Waals surface area contributed by atoms with E-state index in [1.807, 2.05) is 13.8 Å². The van der Waals surface area contributed by atoms with Gasteiger partial charge in [0.15, 0.2) is 11.6 Å². The second-order valence-electron chi connectivity index (χ2n) is 2.58. The Balaban J connectivity index is 3.21. The molecule has 0 aromatic heterocycles. The lowest BCUT2D eigenvalue weighted by Gasteiger charge is -2.03. The molecule has 0 aliphatic rings. The van der Waals surface area contributed by atoms with Gasteiger partial charge in [0.05, 0.1) is 0 Å². The van der Waals surface area contributed by atoms with Gasteiger partial charge < -0.3 is 5.11 Å².